The van der Waals surface area contributed by atoms with Crippen LogP contribution in [0.2, 0.25) is 0 Å². The molecule has 0 atom stereocenters. The highest BCUT2D eigenvalue weighted by Gasteiger charge is 2.12. The third-order valence-corrected chi connectivity index (χ3v) is 3.43. The second kappa shape index (κ2) is 5.81. The molecular weight excluding hydrogens is 264 g/mol. The predicted octanol–water partition coefficient (Wildman–Crippen LogP) is 2.82. The van der Waals surface area contributed by atoms with Crippen molar-refractivity contribution in [3.63, 3.8) is 0 Å². The standard InChI is InChI=1S/C17H16N2O2/c18-10-13-6-1-2-7-14(13)11-19-17(20)16-9-12-5-3-4-8-15(12)21-16/h1-9H,10-11,18H2,(H,19,20). The summed E-state index contributed by atoms with van der Waals surface area (Å²) in [6.07, 6.45) is 0. The van der Waals surface area contributed by atoms with Gasteiger partial charge in [-0.1, -0.05) is 42.5 Å². The van der Waals surface area contributed by atoms with Crippen molar-refractivity contribution in [1.82, 2.24) is 5.32 Å². The van der Waals surface area contributed by atoms with Gasteiger partial charge in [-0.3, -0.25) is 4.79 Å². The van der Waals surface area contributed by atoms with Gasteiger partial charge in [0.1, 0.15) is 5.58 Å². The van der Waals surface area contributed by atoms with Gasteiger partial charge in [0.05, 0.1) is 0 Å². The summed E-state index contributed by atoms with van der Waals surface area (Å²) in [5.41, 5.74) is 8.45. The Bertz CT molecular complexity index is 744. The van der Waals surface area contributed by atoms with Gasteiger partial charge in [0.2, 0.25) is 0 Å². The van der Waals surface area contributed by atoms with E-state index in [0.29, 0.717) is 24.4 Å². The minimum atomic E-state index is -0.224. The van der Waals surface area contributed by atoms with Gasteiger partial charge in [-0.2, -0.15) is 0 Å². The summed E-state index contributed by atoms with van der Waals surface area (Å²) in [6, 6.07) is 17.1. The molecule has 1 heterocycles. The fourth-order valence-corrected chi connectivity index (χ4v) is 2.29. The fraction of sp³-hybridized carbons (Fsp3) is 0.118. The first-order chi connectivity index (χ1) is 10.3. The van der Waals surface area contributed by atoms with Crippen molar-refractivity contribution < 1.29 is 9.21 Å². The maximum atomic E-state index is 12.2. The van der Waals surface area contributed by atoms with Gasteiger partial charge >= 0.3 is 0 Å². The lowest BCUT2D eigenvalue weighted by atomic mass is 10.1. The van der Waals surface area contributed by atoms with Crippen LogP contribution in [-0.2, 0) is 13.1 Å². The number of hydrogen-bond acceptors (Lipinski definition) is 3. The first-order valence-electron chi connectivity index (χ1n) is 6.81. The lowest BCUT2D eigenvalue weighted by molar-refractivity contribution is 0.0925. The molecule has 0 fully saturated rings. The zero-order chi connectivity index (χ0) is 14.7. The molecule has 2 aromatic carbocycles. The van der Waals surface area contributed by atoms with Crippen LogP contribution in [-0.4, -0.2) is 5.91 Å². The highest BCUT2D eigenvalue weighted by molar-refractivity contribution is 5.96. The molecule has 1 aromatic heterocycles. The Morgan fingerprint density at radius 3 is 2.52 bits per heavy atom. The molecular formula is C17H16N2O2. The second-order valence-corrected chi connectivity index (χ2v) is 4.80. The molecule has 1 amide bonds. The van der Waals surface area contributed by atoms with Crippen molar-refractivity contribution >= 4 is 16.9 Å². The highest BCUT2D eigenvalue weighted by atomic mass is 16.3. The number of fused-ring (bicyclic) bond motifs is 1. The van der Waals surface area contributed by atoms with Gasteiger partial charge < -0.3 is 15.5 Å². The zero-order valence-electron chi connectivity index (χ0n) is 11.5. The van der Waals surface area contributed by atoms with Gasteiger partial charge in [-0.05, 0) is 23.3 Å². The van der Waals surface area contributed by atoms with Crippen LogP contribution in [0, 0.1) is 0 Å². The van der Waals surface area contributed by atoms with Crippen LogP contribution in [0.3, 0.4) is 0 Å². The fourth-order valence-electron chi connectivity index (χ4n) is 2.29. The average molecular weight is 280 g/mol. The van der Waals surface area contributed by atoms with Crippen LogP contribution in [0.5, 0.6) is 0 Å². The first kappa shape index (κ1) is 13.4. The minimum absolute atomic E-state index is 0.224. The summed E-state index contributed by atoms with van der Waals surface area (Å²) >= 11 is 0. The lowest BCUT2D eigenvalue weighted by Crippen LogP contribution is -2.23. The summed E-state index contributed by atoms with van der Waals surface area (Å²) in [7, 11) is 0. The Morgan fingerprint density at radius 1 is 1.05 bits per heavy atom. The van der Waals surface area contributed by atoms with Gasteiger partial charge in [0, 0.05) is 18.5 Å². The SMILES string of the molecule is NCc1ccccc1CNC(=O)c1cc2ccccc2o1. The Balaban J connectivity index is 1.74. The number of benzene rings is 2. The Morgan fingerprint density at radius 2 is 1.76 bits per heavy atom. The number of amides is 1. The summed E-state index contributed by atoms with van der Waals surface area (Å²) in [5, 5.41) is 3.78. The van der Waals surface area contributed by atoms with E-state index in [-0.39, 0.29) is 5.91 Å². The van der Waals surface area contributed by atoms with Crippen LogP contribution in [0.4, 0.5) is 0 Å². The van der Waals surface area contributed by atoms with Crippen molar-refractivity contribution in [3.8, 4) is 0 Å². The molecule has 3 aromatic rings. The number of furan rings is 1. The van der Waals surface area contributed by atoms with Crippen LogP contribution in [0.15, 0.2) is 59.0 Å². The molecule has 0 radical (unpaired) electrons. The number of hydrogen-bond donors (Lipinski definition) is 2. The summed E-state index contributed by atoms with van der Waals surface area (Å²) < 4.78 is 5.54. The van der Waals surface area contributed by atoms with Gasteiger partial charge in [-0.15, -0.1) is 0 Å². The molecule has 21 heavy (non-hydrogen) atoms. The van der Waals surface area contributed by atoms with E-state index in [1.165, 1.54) is 0 Å². The van der Waals surface area contributed by atoms with Crippen LogP contribution >= 0.6 is 0 Å². The molecule has 4 nitrogen and oxygen atoms in total. The number of carbonyl (C=O) groups is 1. The minimum Gasteiger partial charge on any atom is -0.451 e. The van der Waals surface area contributed by atoms with Crippen molar-refractivity contribution in [2.75, 3.05) is 0 Å². The Kier molecular flexibility index (Phi) is 3.71. The molecule has 106 valence electrons. The zero-order valence-corrected chi connectivity index (χ0v) is 11.5. The van der Waals surface area contributed by atoms with E-state index in [1.807, 2.05) is 48.5 Å². The maximum Gasteiger partial charge on any atom is 0.287 e. The van der Waals surface area contributed by atoms with Crippen molar-refractivity contribution in [2.24, 2.45) is 5.73 Å². The average Bonchev–Trinajstić information content (AvgIpc) is 2.97. The predicted molar refractivity (Wildman–Crippen MR) is 81.7 cm³/mol. The molecule has 4 heteroatoms. The van der Waals surface area contributed by atoms with Crippen molar-refractivity contribution in [2.45, 2.75) is 13.1 Å². The molecule has 0 bridgehead atoms. The van der Waals surface area contributed by atoms with Crippen molar-refractivity contribution in [1.29, 1.82) is 0 Å². The summed E-state index contributed by atoms with van der Waals surface area (Å²) in [5.74, 6) is 0.0967. The number of nitrogens with one attached hydrogen (secondary N) is 1. The third-order valence-electron chi connectivity index (χ3n) is 3.43. The van der Waals surface area contributed by atoms with Crippen LogP contribution in [0.25, 0.3) is 11.0 Å². The molecule has 0 spiro atoms. The van der Waals surface area contributed by atoms with E-state index in [1.54, 1.807) is 6.07 Å². The molecule has 0 aliphatic heterocycles. The number of nitrogens with two attached hydrogens (primary N) is 1. The number of para-hydroxylation sites is 1. The van der Waals surface area contributed by atoms with Gasteiger partial charge in [0.15, 0.2) is 5.76 Å². The number of rotatable bonds is 4. The van der Waals surface area contributed by atoms with Crippen LogP contribution < -0.4 is 11.1 Å². The molecule has 0 aliphatic rings. The van der Waals surface area contributed by atoms with E-state index >= 15 is 0 Å². The topological polar surface area (TPSA) is 68.3 Å². The quantitative estimate of drug-likeness (QED) is 0.772. The lowest BCUT2D eigenvalue weighted by Gasteiger charge is -2.08. The monoisotopic (exact) mass is 280 g/mol. The van der Waals surface area contributed by atoms with E-state index < -0.39 is 0 Å². The third kappa shape index (κ3) is 2.80. The normalized spacial score (nSPS) is 10.7. The first-order valence-corrected chi connectivity index (χ1v) is 6.81. The van der Waals surface area contributed by atoms with E-state index in [9.17, 15) is 4.79 Å². The maximum absolute atomic E-state index is 12.2. The molecule has 3 rings (SSSR count). The highest BCUT2D eigenvalue weighted by Crippen LogP contribution is 2.18. The summed E-state index contributed by atoms with van der Waals surface area (Å²) in [6.45, 7) is 0.889. The smallest absolute Gasteiger partial charge is 0.287 e. The second-order valence-electron chi connectivity index (χ2n) is 4.80. The molecule has 0 saturated heterocycles. The van der Waals surface area contributed by atoms with E-state index in [4.69, 9.17) is 10.2 Å². The van der Waals surface area contributed by atoms with Crippen LogP contribution in [0.1, 0.15) is 21.7 Å². The largest absolute Gasteiger partial charge is 0.451 e. The number of carbonyl (C=O) groups excluding carboxylic acids is 1. The van der Waals surface area contributed by atoms with E-state index in [0.717, 1.165) is 16.5 Å². The van der Waals surface area contributed by atoms with Gasteiger partial charge in [-0.25, -0.2) is 0 Å². The van der Waals surface area contributed by atoms with Gasteiger partial charge in [0.25, 0.3) is 5.91 Å². The van der Waals surface area contributed by atoms with Crippen molar-refractivity contribution in [3.05, 3.63) is 71.5 Å². The molecule has 0 unspecified atom stereocenters. The summed E-state index contributed by atoms with van der Waals surface area (Å²) in [4.78, 5) is 12.2. The molecule has 0 aliphatic carbocycles. The Hall–Kier alpha value is -2.59. The van der Waals surface area contributed by atoms with E-state index in [2.05, 4.69) is 5.32 Å². The molecule has 3 N–H and O–H groups in total. The Labute approximate surface area is 122 Å². The molecule has 0 saturated carbocycles.